The molecule has 7 heteroatoms. The Morgan fingerprint density at radius 2 is 1.92 bits per heavy atom. The molecule has 134 valence electrons. The molecule has 0 spiro atoms. The topological polar surface area (TPSA) is 48.1 Å². The molecule has 1 aromatic heterocycles. The van der Waals surface area contributed by atoms with Gasteiger partial charge in [0.25, 0.3) is 5.91 Å². The van der Waals surface area contributed by atoms with Gasteiger partial charge in [-0.25, -0.2) is 4.39 Å². The third-order valence-electron chi connectivity index (χ3n) is 4.60. The number of para-hydroxylation sites is 1. The molecule has 0 bridgehead atoms. The first kappa shape index (κ1) is 17.2. The Balaban J connectivity index is 1.70. The van der Waals surface area contributed by atoms with Gasteiger partial charge in [0.05, 0.1) is 10.7 Å². The molecule has 2 heterocycles. The van der Waals surface area contributed by atoms with E-state index >= 15 is 0 Å². The summed E-state index contributed by atoms with van der Waals surface area (Å²) in [5, 5.41) is 4.12. The van der Waals surface area contributed by atoms with Gasteiger partial charge in [0.2, 0.25) is 0 Å². The smallest absolute Gasteiger partial charge is 0.273 e. The number of hydrogen-bond acceptors (Lipinski definition) is 2. The summed E-state index contributed by atoms with van der Waals surface area (Å²) in [7, 11) is 0. The van der Waals surface area contributed by atoms with Crippen LogP contribution in [0.15, 0.2) is 36.4 Å². The van der Waals surface area contributed by atoms with Crippen molar-refractivity contribution in [1.82, 2.24) is 4.98 Å². The molecule has 4 nitrogen and oxygen atoms in total. The molecule has 2 N–H and O–H groups in total. The Morgan fingerprint density at radius 3 is 2.69 bits per heavy atom. The number of carbonyl (C=O) groups excluding carboxylic acids is 1. The maximum absolute atomic E-state index is 14.4. The zero-order valence-corrected chi connectivity index (χ0v) is 15.3. The maximum atomic E-state index is 14.4. The predicted octanol–water partition coefficient (Wildman–Crippen LogP) is 5.47. The standard InChI is InChI=1S/C19H16Cl2FN3O/c20-11-6-7-14-12(10-11)16(21)18(23-14)19(26)24-17-13(22)4-3-5-15(17)25-8-1-2-9-25/h3-7,10,23H,1-2,8-9H2,(H,24,26). The number of aromatic nitrogens is 1. The molecule has 4 rings (SSSR count). The third kappa shape index (κ3) is 3.02. The van der Waals surface area contributed by atoms with Crippen molar-refractivity contribution in [3.05, 3.63) is 58.0 Å². The number of fused-ring (bicyclic) bond motifs is 1. The third-order valence-corrected chi connectivity index (χ3v) is 5.23. The van der Waals surface area contributed by atoms with Crippen LogP contribution in [0.25, 0.3) is 10.9 Å². The van der Waals surface area contributed by atoms with E-state index in [2.05, 4.69) is 15.2 Å². The highest BCUT2D eigenvalue weighted by molar-refractivity contribution is 6.40. The number of nitrogens with one attached hydrogen (secondary N) is 2. The van der Waals surface area contributed by atoms with Crippen molar-refractivity contribution in [3.8, 4) is 0 Å². The van der Waals surface area contributed by atoms with Crippen LogP contribution in [0.3, 0.4) is 0 Å². The first-order valence-corrected chi connectivity index (χ1v) is 9.12. The summed E-state index contributed by atoms with van der Waals surface area (Å²) in [6.45, 7) is 1.69. The van der Waals surface area contributed by atoms with Crippen molar-refractivity contribution in [1.29, 1.82) is 0 Å². The Bertz CT molecular complexity index is 996. The highest BCUT2D eigenvalue weighted by atomic mass is 35.5. The van der Waals surface area contributed by atoms with Gasteiger partial charge in [-0.05, 0) is 43.2 Å². The molecule has 0 saturated carbocycles. The van der Waals surface area contributed by atoms with Crippen LogP contribution >= 0.6 is 23.2 Å². The number of amides is 1. The highest BCUT2D eigenvalue weighted by Gasteiger charge is 2.22. The number of benzene rings is 2. The number of aromatic amines is 1. The van der Waals surface area contributed by atoms with E-state index in [1.54, 1.807) is 24.3 Å². The van der Waals surface area contributed by atoms with E-state index < -0.39 is 11.7 Å². The summed E-state index contributed by atoms with van der Waals surface area (Å²) in [6.07, 6.45) is 2.11. The van der Waals surface area contributed by atoms with Crippen LogP contribution in [0.1, 0.15) is 23.3 Å². The molecule has 0 atom stereocenters. The van der Waals surface area contributed by atoms with Crippen molar-refractivity contribution in [2.75, 3.05) is 23.3 Å². The molecular weight excluding hydrogens is 376 g/mol. The predicted molar refractivity (Wildman–Crippen MR) is 104 cm³/mol. The number of carbonyl (C=O) groups is 1. The van der Waals surface area contributed by atoms with Crippen molar-refractivity contribution >= 4 is 51.4 Å². The van der Waals surface area contributed by atoms with E-state index in [0.717, 1.165) is 25.9 Å². The van der Waals surface area contributed by atoms with Gasteiger partial charge in [0, 0.05) is 29.0 Å². The fraction of sp³-hybridized carbons (Fsp3) is 0.211. The average molecular weight is 392 g/mol. The first-order valence-electron chi connectivity index (χ1n) is 8.36. The summed E-state index contributed by atoms with van der Waals surface area (Å²) < 4.78 is 14.4. The first-order chi connectivity index (χ1) is 12.5. The Labute approximate surface area is 159 Å². The summed E-state index contributed by atoms with van der Waals surface area (Å²) >= 11 is 12.3. The van der Waals surface area contributed by atoms with Gasteiger partial charge in [-0.3, -0.25) is 4.79 Å². The second-order valence-corrected chi connectivity index (χ2v) is 7.10. The summed E-state index contributed by atoms with van der Waals surface area (Å²) in [5.74, 6) is -0.967. The number of anilines is 2. The lowest BCUT2D eigenvalue weighted by Gasteiger charge is -2.21. The molecule has 0 radical (unpaired) electrons. The number of rotatable bonds is 3. The van der Waals surface area contributed by atoms with Crippen molar-refractivity contribution in [2.24, 2.45) is 0 Å². The molecule has 2 aromatic carbocycles. The lowest BCUT2D eigenvalue weighted by Crippen LogP contribution is -2.22. The van der Waals surface area contributed by atoms with E-state index in [1.807, 2.05) is 6.07 Å². The molecule has 3 aromatic rings. The van der Waals surface area contributed by atoms with Crippen LogP contribution < -0.4 is 10.2 Å². The fourth-order valence-electron chi connectivity index (χ4n) is 3.32. The van der Waals surface area contributed by atoms with Crippen LogP contribution in [0.5, 0.6) is 0 Å². The number of H-pyrrole nitrogens is 1. The van der Waals surface area contributed by atoms with E-state index in [1.165, 1.54) is 6.07 Å². The quantitative estimate of drug-likeness (QED) is 0.621. The van der Waals surface area contributed by atoms with Crippen LogP contribution in [-0.4, -0.2) is 24.0 Å². The molecule has 1 aliphatic heterocycles. The molecule has 26 heavy (non-hydrogen) atoms. The lowest BCUT2D eigenvalue weighted by atomic mass is 10.2. The zero-order valence-electron chi connectivity index (χ0n) is 13.8. The average Bonchev–Trinajstić information content (AvgIpc) is 3.25. The number of hydrogen-bond donors (Lipinski definition) is 2. The van der Waals surface area contributed by atoms with E-state index in [-0.39, 0.29) is 16.4 Å². The van der Waals surface area contributed by atoms with Crippen molar-refractivity contribution < 1.29 is 9.18 Å². The van der Waals surface area contributed by atoms with Crippen LogP contribution in [0, 0.1) is 5.82 Å². The number of nitrogens with zero attached hydrogens (tertiary/aromatic N) is 1. The van der Waals surface area contributed by atoms with Crippen LogP contribution in [-0.2, 0) is 0 Å². The number of halogens is 3. The van der Waals surface area contributed by atoms with Crippen LogP contribution in [0.2, 0.25) is 10.0 Å². The maximum Gasteiger partial charge on any atom is 0.273 e. The summed E-state index contributed by atoms with van der Waals surface area (Å²) in [4.78, 5) is 17.8. The van der Waals surface area contributed by atoms with Gasteiger partial charge in [-0.15, -0.1) is 0 Å². The zero-order chi connectivity index (χ0) is 18.3. The second kappa shape index (κ2) is 6.82. The van der Waals surface area contributed by atoms with Gasteiger partial charge in [0.15, 0.2) is 0 Å². The monoisotopic (exact) mass is 391 g/mol. The normalized spacial score (nSPS) is 14.2. The van der Waals surface area contributed by atoms with Gasteiger partial charge in [-0.2, -0.15) is 0 Å². The van der Waals surface area contributed by atoms with Gasteiger partial charge in [-0.1, -0.05) is 29.3 Å². The van der Waals surface area contributed by atoms with Gasteiger partial charge >= 0.3 is 0 Å². The fourth-order valence-corrected chi connectivity index (χ4v) is 3.78. The summed E-state index contributed by atoms with van der Waals surface area (Å²) in [6, 6.07) is 9.94. The Kier molecular flexibility index (Phi) is 4.51. The second-order valence-electron chi connectivity index (χ2n) is 6.29. The lowest BCUT2D eigenvalue weighted by molar-refractivity contribution is 0.102. The van der Waals surface area contributed by atoms with Crippen molar-refractivity contribution in [2.45, 2.75) is 12.8 Å². The minimum atomic E-state index is -0.493. The van der Waals surface area contributed by atoms with Gasteiger partial charge < -0.3 is 15.2 Å². The van der Waals surface area contributed by atoms with E-state index in [0.29, 0.717) is 21.6 Å². The SMILES string of the molecule is O=C(Nc1c(F)cccc1N1CCCC1)c1[nH]c2ccc(Cl)cc2c1Cl. The Hall–Kier alpha value is -2.24. The molecule has 1 aliphatic rings. The summed E-state index contributed by atoms with van der Waals surface area (Å²) in [5.41, 5.74) is 1.73. The van der Waals surface area contributed by atoms with Gasteiger partial charge in [0.1, 0.15) is 17.2 Å². The van der Waals surface area contributed by atoms with Crippen LogP contribution in [0.4, 0.5) is 15.8 Å². The molecule has 0 unspecified atom stereocenters. The van der Waals surface area contributed by atoms with E-state index in [4.69, 9.17) is 23.2 Å². The highest BCUT2D eigenvalue weighted by Crippen LogP contribution is 2.34. The molecular formula is C19H16Cl2FN3O. The molecule has 1 amide bonds. The molecule has 1 saturated heterocycles. The molecule has 1 fully saturated rings. The minimum absolute atomic E-state index is 0.173. The largest absolute Gasteiger partial charge is 0.370 e. The molecule has 0 aliphatic carbocycles. The Morgan fingerprint density at radius 1 is 1.15 bits per heavy atom. The van der Waals surface area contributed by atoms with E-state index in [9.17, 15) is 9.18 Å². The minimum Gasteiger partial charge on any atom is -0.370 e. The van der Waals surface area contributed by atoms with Crippen molar-refractivity contribution in [3.63, 3.8) is 0 Å².